The fourth-order valence-electron chi connectivity index (χ4n) is 2.29. The van der Waals surface area contributed by atoms with Crippen molar-refractivity contribution < 1.29 is 19.1 Å². The molecule has 2 rings (SSSR count). The normalized spacial score (nSPS) is 18.1. The average molecular weight is 291 g/mol. The molecule has 1 aliphatic heterocycles. The first-order valence-electron chi connectivity index (χ1n) is 6.76. The van der Waals surface area contributed by atoms with Gasteiger partial charge in [0, 0.05) is 12.7 Å². The number of piperidine rings is 1. The number of nitrogens with two attached hydrogens (primary N) is 1. The molecule has 1 aliphatic rings. The number of hydrogen-bond donors (Lipinski definition) is 1. The number of hydrogen-bond acceptors (Lipinski definition) is 5. The topological polar surface area (TPSA) is 103 Å². The van der Waals surface area contributed by atoms with Gasteiger partial charge in [0.1, 0.15) is 11.7 Å². The van der Waals surface area contributed by atoms with Crippen LogP contribution in [0.4, 0.5) is 0 Å². The molecule has 2 heterocycles. The monoisotopic (exact) mass is 291 g/mol. The highest BCUT2D eigenvalue weighted by Gasteiger charge is 2.31. The highest BCUT2D eigenvalue weighted by molar-refractivity contribution is 5.91. The van der Waals surface area contributed by atoms with Crippen molar-refractivity contribution in [3.05, 3.63) is 30.1 Å². The molecule has 7 heteroatoms. The summed E-state index contributed by atoms with van der Waals surface area (Å²) >= 11 is 0. The van der Waals surface area contributed by atoms with Gasteiger partial charge in [-0.05, 0) is 31.4 Å². The third-order valence-corrected chi connectivity index (χ3v) is 3.35. The molecule has 112 valence electrons. The molecule has 1 aromatic heterocycles. The lowest BCUT2D eigenvalue weighted by atomic mass is 10.0. The molecule has 2 amide bonds. The maximum absolute atomic E-state index is 12.1. The summed E-state index contributed by atoms with van der Waals surface area (Å²) in [5.41, 5.74) is 5.43. The number of ether oxygens (including phenoxy) is 1. The van der Waals surface area contributed by atoms with Crippen molar-refractivity contribution >= 4 is 17.8 Å². The van der Waals surface area contributed by atoms with E-state index in [4.69, 9.17) is 10.5 Å². The first kappa shape index (κ1) is 15.0. The van der Waals surface area contributed by atoms with Crippen LogP contribution >= 0.6 is 0 Å². The smallest absolute Gasteiger partial charge is 0.357 e. The van der Waals surface area contributed by atoms with E-state index >= 15 is 0 Å². The molecule has 0 saturated carbocycles. The molecule has 2 N–H and O–H groups in total. The number of amides is 2. The Morgan fingerprint density at radius 2 is 2.14 bits per heavy atom. The number of esters is 1. The molecule has 0 unspecified atom stereocenters. The highest BCUT2D eigenvalue weighted by Crippen LogP contribution is 2.17. The number of nitrogens with zero attached hydrogens (tertiary/aromatic N) is 2. The molecule has 21 heavy (non-hydrogen) atoms. The Labute approximate surface area is 122 Å². The molecular formula is C14H17N3O4. The van der Waals surface area contributed by atoms with E-state index in [1.54, 1.807) is 12.1 Å². The quantitative estimate of drug-likeness (QED) is 0.793. The molecule has 1 fully saturated rings. The van der Waals surface area contributed by atoms with Crippen molar-refractivity contribution in [1.29, 1.82) is 0 Å². The predicted octanol–water partition coefficient (Wildman–Crippen LogP) is 0.105. The van der Waals surface area contributed by atoms with Crippen LogP contribution in [0.1, 0.15) is 29.8 Å². The number of carbonyl (C=O) groups excluding carboxylic acids is 3. The summed E-state index contributed by atoms with van der Waals surface area (Å²) in [5, 5.41) is 0. The molecule has 0 aliphatic carbocycles. The van der Waals surface area contributed by atoms with Crippen LogP contribution in [0.3, 0.4) is 0 Å². The summed E-state index contributed by atoms with van der Waals surface area (Å²) in [6.45, 7) is 0.0345. The van der Waals surface area contributed by atoms with Gasteiger partial charge >= 0.3 is 5.97 Å². The summed E-state index contributed by atoms with van der Waals surface area (Å²) in [5.74, 6) is -1.61. The summed E-state index contributed by atoms with van der Waals surface area (Å²) in [6.07, 6.45) is 3.68. The number of rotatable bonds is 4. The molecule has 1 atom stereocenters. The second kappa shape index (κ2) is 6.83. The van der Waals surface area contributed by atoms with E-state index in [9.17, 15) is 14.4 Å². The van der Waals surface area contributed by atoms with E-state index < -0.39 is 30.4 Å². The second-order valence-electron chi connectivity index (χ2n) is 4.79. The van der Waals surface area contributed by atoms with Crippen molar-refractivity contribution in [2.75, 3.05) is 13.2 Å². The lowest BCUT2D eigenvalue weighted by Crippen LogP contribution is -2.51. The molecular weight excluding hydrogens is 274 g/mol. The third kappa shape index (κ3) is 3.77. The molecule has 0 aromatic carbocycles. The van der Waals surface area contributed by atoms with E-state index in [2.05, 4.69) is 4.98 Å². The van der Waals surface area contributed by atoms with Crippen molar-refractivity contribution in [2.24, 2.45) is 5.73 Å². The number of primary amides is 1. The van der Waals surface area contributed by atoms with Gasteiger partial charge in [0.25, 0.3) is 5.91 Å². The first-order chi connectivity index (χ1) is 10.1. The number of carbonyl (C=O) groups is 3. The van der Waals surface area contributed by atoms with Gasteiger partial charge in [-0.25, -0.2) is 9.78 Å². The average Bonchev–Trinajstić information content (AvgIpc) is 2.53. The maximum atomic E-state index is 12.1. The maximum Gasteiger partial charge on any atom is 0.357 e. The fraction of sp³-hybridized carbons (Fsp3) is 0.429. The minimum absolute atomic E-state index is 0.135. The number of pyridine rings is 1. The van der Waals surface area contributed by atoms with Gasteiger partial charge in [-0.3, -0.25) is 9.59 Å². The van der Waals surface area contributed by atoms with Gasteiger partial charge in [0.15, 0.2) is 6.61 Å². The molecule has 1 aromatic rings. The van der Waals surface area contributed by atoms with Crippen LogP contribution in [0.25, 0.3) is 0 Å². The van der Waals surface area contributed by atoms with Crippen molar-refractivity contribution in [1.82, 2.24) is 9.88 Å². The van der Waals surface area contributed by atoms with Crippen molar-refractivity contribution in [2.45, 2.75) is 25.3 Å². The number of aromatic nitrogens is 1. The van der Waals surface area contributed by atoms with E-state index in [1.807, 2.05) is 0 Å². The van der Waals surface area contributed by atoms with Crippen LogP contribution in [-0.2, 0) is 14.3 Å². The van der Waals surface area contributed by atoms with Crippen LogP contribution in [-0.4, -0.2) is 46.9 Å². The highest BCUT2D eigenvalue weighted by atomic mass is 16.5. The summed E-state index contributed by atoms with van der Waals surface area (Å²) in [4.78, 5) is 40.3. The minimum atomic E-state index is -0.670. The zero-order chi connectivity index (χ0) is 15.2. The molecule has 0 radical (unpaired) electrons. The van der Waals surface area contributed by atoms with Gasteiger partial charge in [0.2, 0.25) is 5.91 Å². The Morgan fingerprint density at radius 1 is 1.33 bits per heavy atom. The Morgan fingerprint density at radius 3 is 2.81 bits per heavy atom. The van der Waals surface area contributed by atoms with Gasteiger partial charge < -0.3 is 15.4 Å². The van der Waals surface area contributed by atoms with Gasteiger partial charge in [0.05, 0.1) is 0 Å². The zero-order valence-electron chi connectivity index (χ0n) is 11.5. The lowest BCUT2D eigenvalue weighted by molar-refractivity contribution is -0.143. The molecule has 0 spiro atoms. The molecule has 0 bridgehead atoms. The third-order valence-electron chi connectivity index (χ3n) is 3.35. The van der Waals surface area contributed by atoms with Crippen molar-refractivity contribution in [3.8, 4) is 0 Å². The Hall–Kier alpha value is -2.44. The number of likely N-dealkylation sites (tertiary alicyclic amines) is 1. The largest absolute Gasteiger partial charge is 0.451 e. The summed E-state index contributed by atoms with van der Waals surface area (Å²) < 4.78 is 4.93. The van der Waals surface area contributed by atoms with Crippen LogP contribution in [0.2, 0.25) is 0 Å². The van der Waals surface area contributed by atoms with Gasteiger partial charge in [-0.1, -0.05) is 6.07 Å². The predicted molar refractivity (Wildman–Crippen MR) is 73.1 cm³/mol. The van der Waals surface area contributed by atoms with Crippen LogP contribution < -0.4 is 5.73 Å². The second-order valence-corrected chi connectivity index (χ2v) is 4.79. The minimum Gasteiger partial charge on any atom is -0.451 e. The lowest BCUT2D eigenvalue weighted by Gasteiger charge is -2.33. The zero-order valence-corrected chi connectivity index (χ0v) is 11.5. The molecule has 7 nitrogen and oxygen atoms in total. The SMILES string of the molecule is NC(=O)[C@@H]1CCCCN1C(=O)COC(=O)c1ccccn1. The molecule has 1 saturated heterocycles. The van der Waals surface area contributed by atoms with Crippen molar-refractivity contribution in [3.63, 3.8) is 0 Å². The van der Waals surface area contributed by atoms with Gasteiger partial charge in [-0.2, -0.15) is 0 Å². The Balaban J connectivity index is 1.92. The van der Waals surface area contributed by atoms with E-state index in [0.717, 1.165) is 12.8 Å². The Bertz CT molecular complexity index is 532. The van der Waals surface area contributed by atoms with Crippen LogP contribution in [0.5, 0.6) is 0 Å². The van der Waals surface area contributed by atoms with E-state index in [1.165, 1.54) is 17.2 Å². The van der Waals surface area contributed by atoms with E-state index in [0.29, 0.717) is 13.0 Å². The van der Waals surface area contributed by atoms with Crippen LogP contribution in [0.15, 0.2) is 24.4 Å². The Kier molecular flexibility index (Phi) is 4.86. The summed E-state index contributed by atoms with van der Waals surface area (Å²) in [7, 11) is 0. The van der Waals surface area contributed by atoms with Crippen LogP contribution in [0, 0.1) is 0 Å². The fourth-order valence-corrected chi connectivity index (χ4v) is 2.29. The standard InChI is InChI=1S/C14H17N3O4/c15-13(19)11-6-2-4-8-17(11)12(18)9-21-14(20)10-5-1-3-7-16-10/h1,3,5,7,11H,2,4,6,8-9H2,(H2,15,19)/t11-/m0/s1. The first-order valence-corrected chi connectivity index (χ1v) is 6.76. The van der Waals surface area contributed by atoms with Gasteiger partial charge in [-0.15, -0.1) is 0 Å². The van der Waals surface area contributed by atoms with E-state index in [-0.39, 0.29) is 5.69 Å². The summed E-state index contributed by atoms with van der Waals surface area (Å²) in [6, 6.07) is 4.21.